The average molecular weight is 425 g/mol. The van der Waals surface area contributed by atoms with E-state index in [0.29, 0.717) is 17.5 Å². The maximum atomic E-state index is 11.9. The van der Waals surface area contributed by atoms with Crippen LogP contribution >= 0.6 is 0 Å². The Morgan fingerprint density at radius 3 is 2.52 bits per heavy atom. The van der Waals surface area contributed by atoms with Gasteiger partial charge in [0.2, 0.25) is 0 Å². The molecule has 0 saturated carbocycles. The molecule has 1 heterocycles. The molecule has 1 aromatic carbocycles. The highest BCUT2D eigenvalue weighted by Gasteiger charge is 2.18. The fourth-order valence-corrected chi connectivity index (χ4v) is 4.38. The zero-order valence-corrected chi connectivity index (χ0v) is 18.9. The first-order valence-electron chi connectivity index (χ1n) is 10.8. The number of sulfone groups is 1. The summed E-state index contributed by atoms with van der Waals surface area (Å²) in [6.07, 6.45) is 7.04. The van der Waals surface area contributed by atoms with Gasteiger partial charge in [0.05, 0.1) is 11.5 Å². The maximum absolute atomic E-state index is 11.9. The number of hydrogen-bond acceptors (Lipinski definition) is 5. The SMILES string of the molecule is CCCN(CCCCN1CCCCOC1=O)C(C)Cc1ccc(S(C)(=O)=O)cc1. The van der Waals surface area contributed by atoms with E-state index in [2.05, 4.69) is 18.7 Å². The van der Waals surface area contributed by atoms with Gasteiger partial charge in [0.1, 0.15) is 0 Å². The van der Waals surface area contributed by atoms with Crippen molar-refractivity contribution in [2.45, 2.75) is 63.3 Å². The van der Waals surface area contributed by atoms with E-state index >= 15 is 0 Å². The number of benzene rings is 1. The van der Waals surface area contributed by atoms with E-state index in [-0.39, 0.29) is 6.09 Å². The van der Waals surface area contributed by atoms with Gasteiger partial charge in [0.15, 0.2) is 9.84 Å². The summed E-state index contributed by atoms with van der Waals surface area (Å²) in [5, 5.41) is 0. The summed E-state index contributed by atoms with van der Waals surface area (Å²) in [5.74, 6) is 0. The fourth-order valence-electron chi connectivity index (χ4n) is 3.75. The second-order valence-corrected chi connectivity index (χ2v) is 10.0. The summed E-state index contributed by atoms with van der Waals surface area (Å²) in [5.41, 5.74) is 1.15. The van der Waals surface area contributed by atoms with Crippen molar-refractivity contribution in [1.82, 2.24) is 9.80 Å². The van der Waals surface area contributed by atoms with Crippen LogP contribution in [0.4, 0.5) is 4.79 Å². The van der Waals surface area contributed by atoms with Gasteiger partial charge in [-0.3, -0.25) is 0 Å². The first-order chi connectivity index (χ1) is 13.8. The highest BCUT2D eigenvalue weighted by molar-refractivity contribution is 7.90. The van der Waals surface area contributed by atoms with Crippen LogP contribution < -0.4 is 0 Å². The monoisotopic (exact) mass is 424 g/mol. The molecule has 1 fully saturated rings. The van der Waals surface area contributed by atoms with Crippen LogP contribution in [0, 0.1) is 0 Å². The lowest BCUT2D eigenvalue weighted by atomic mass is 10.1. The minimum Gasteiger partial charge on any atom is -0.449 e. The molecule has 1 aliphatic heterocycles. The van der Waals surface area contributed by atoms with E-state index in [1.807, 2.05) is 17.0 Å². The first-order valence-corrected chi connectivity index (χ1v) is 12.6. The third-order valence-corrected chi connectivity index (χ3v) is 6.57. The van der Waals surface area contributed by atoms with Gasteiger partial charge in [0.25, 0.3) is 0 Å². The molecule has 1 aromatic rings. The molecule has 0 bridgehead atoms. The minimum absolute atomic E-state index is 0.168. The van der Waals surface area contributed by atoms with Crippen LogP contribution in [0.5, 0.6) is 0 Å². The molecule has 0 N–H and O–H groups in total. The van der Waals surface area contributed by atoms with Gasteiger partial charge in [-0.15, -0.1) is 0 Å². The van der Waals surface area contributed by atoms with Crippen LogP contribution in [0.2, 0.25) is 0 Å². The molecule has 0 radical (unpaired) electrons. The van der Waals surface area contributed by atoms with Gasteiger partial charge in [-0.25, -0.2) is 13.2 Å². The van der Waals surface area contributed by atoms with E-state index in [4.69, 9.17) is 4.74 Å². The Morgan fingerprint density at radius 1 is 1.14 bits per heavy atom. The molecule has 1 unspecified atom stereocenters. The molecule has 1 amide bonds. The van der Waals surface area contributed by atoms with Crippen LogP contribution in [0.3, 0.4) is 0 Å². The molecular formula is C22H36N2O4S. The zero-order valence-electron chi connectivity index (χ0n) is 18.1. The van der Waals surface area contributed by atoms with E-state index in [9.17, 15) is 13.2 Å². The quantitative estimate of drug-likeness (QED) is 0.506. The normalized spacial score (nSPS) is 16.6. The van der Waals surface area contributed by atoms with Gasteiger partial charge in [-0.2, -0.15) is 0 Å². The Bertz CT molecular complexity index is 734. The second kappa shape index (κ2) is 11.6. The topological polar surface area (TPSA) is 66.9 Å². The standard InChI is InChI=1S/C22H36N2O4S/c1-4-13-23(14-5-6-15-24-16-7-8-17-28-22(24)25)19(2)18-20-9-11-21(12-10-20)29(3,26)27/h9-12,19H,4-8,13-18H2,1-3H3. The lowest BCUT2D eigenvalue weighted by molar-refractivity contribution is 0.114. The number of unbranched alkanes of at least 4 members (excludes halogenated alkanes) is 1. The van der Waals surface area contributed by atoms with Gasteiger partial charge in [0, 0.05) is 25.4 Å². The lowest BCUT2D eigenvalue weighted by Crippen LogP contribution is -2.37. The summed E-state index contributed by atoms with van der Waals surface area (Å²) in [6, 6.07) is 7.61. The molecule has 1 atom stereocenters. The Balaban J connectivity index is 1.82. The summed E-state index contributed by atoms with van der Waals surface area (Å²) in [4.78, 5) is 16.6. The summed E-state index contributed by atoms with van der Waals surface area (Å²) < 4.78 is 28.4. The highest BCUT2D eigenvalue weighted by atomic mass is 32.2. The number of carbonyl (C=O) groups excluding carboxylic acids is 1. The molecule has 29 heavy (non-hydrogen) atoms. The second-order valence-electron chi connectivity index (χ2n) is 8.02. The van der Waals surface area contributed by atoms with Crippen molar-refractivity contribution in [2.24, 2.45) is 0 Å². The van der Waals surface area contributed by atoms with Crippen LogP contribution in [-0.2, 0) is 21.0 Å². The predicted octanol–water partition coefficient (Wildman–Crippen LogP) is 3.75. The predicted molar refractivity (Wildman–Crippen MR) is 116 cm³/mol. The van der Waals surface area contributed by atoms with Gasteiger partial charge < -0.3 is 14.5 Å². The molecular weight excluding hydrogens is 388 g/mol. The molecule has 0 spiro atoms. The molecule has 164 valence electrons. The molecule has 1 aliphatic rings. The Labute approximate surface area is 176 Å². The van der Waals surface area contributed by atoms with Crippen LogP contribution in [0.25, 0.3) is 0 Å². The third kappa shape index (κ3) is 7.97. The van der Waals surface area contributed by atoms with Crippen molar-refractivity contribution in [3.63, 3.8) is 0 Å². The maximum Gasteiger partial charge on any atom is 0.409 e. The zero-order chi connectivity index (χ0) is 21.3. The Morgan fingerprint density at radius 2 is 1.86 bits per heavy atom. The number of ether oxygens (including phenoxy) is 1. The summed E-state index contributed by atoms with van der Waals surface area (Å²) in [7, 11) is -3.15. The number of carbonyl (C=O) groups is 1. The fraction of sp³-hybridized carbons (Fsp3) is 0.682. The molecule has 0 aliphatic carbocycles. The van der Waals surface area contributed by atoms with Crippen LogP contribution in [0.1, 0.15) is 51.5 Å². The summed E-state index contributed by atoms with van der Waals surface area (Å²) >= 11 is 0. The van der Waals surface area contributed by atoms with Crippen molar-refractivity contribution in [1.29, 1.82) is 0 Å². The molecule has 7 heteroatoms. The van der Waals surface area contributed by atoms with E-state index in [1.165, 1.54) is 6.26 Å². The molecule has 1 saturated heterocycles. The number of amides is 1. The Hall–Kier alpha value is -1.60. The molecule has 2 rings (SSSR count). The smallest absolute Gasteiger partial charge is 0.409 e. The number of nitrogens with zero attached hydrogens (tertiary/aromatic N) is 2. The van der Waals surface area contributed by atoms with Crippen molar-refractivity contribution >= 4 is 15.9 Å². The lowest BCUT2D eigenvalue weighted by Gasteiger charge is -2.29. The largest absolute Gasteiger partial charge is 0.449 e. The van der Waals surface area contributed by atoms with Crippen molar-refractivity contribution in [3.8, 4) is 0 Å². The van der Waals surface area contributed by atoms with E-state index in [1.54, 1.807) is 12.1 Å². The summed E-state index contributed by atoms with van der Waals surface area (Å²) in [6.45, 7) is 8.56. The first kappa shape index (κ1) is 23.7. The number of rotatable bonds is 11. The van der Waals surface area contributed by atoms with E-state index < -0.39 is 9.84 Å². The number of hydrogen-bond donors (Lipinski definition) is 0. The Kier molecular flexibility index (Phi) is 9.43. The molecule has 6 nitrogen and oxygen atoms in total. The van der Waals surface area contributed by atoms with Crippen LogP contribution in [-0.4, -0.2) is 69.4 Å². The van der Waals surface area contributed by atoms with Crippen molar-refractivity contribution in [3.05, 3.63) is 29.8 Å². The molecule has 0 aromatic heterocycles. The third-order valence-electron chi connectivity index (χ3n) is 5.45. The highest BCUT2D eigenvalue weighted by Crippen LogP contribution is 2.15. The average Bonchev–Trinajstić information content (AvgIpc) is 2.88. The van der Waals surface area contributed by atoms with Crippen molar-refractivity contribution < 1.29 is 17.9 Å². The van der Waals surface area contributed by atoms with Gasteiger partial charge >= 0.3 is 6.09 Å². The minimum atomic E-state index is -3.15. The van der Waals surface area contributed by atoms with Gasteiger partial charge in [-0.05, 0) is 76.2 Å². The van der Waals surface area contributed by atoms with Crippen LogP contribution in [0.15, 0.2) is 29.2 Å². The van der Waals surface area contributed by atoms with Gasteiger partial charge in [-0.1, -0.05) is 19.1 Å². The van der Waals surface area contributed by atoms with E-state index in [0.717, 1.165) is 70.3 Å². The number of cyclic esters (lactones) is 1. The van der Waals surface area contributed by atoms with Crippen molar-refractivity contribution in [2.75, 3.05) is 39.0 Å².